The smallest absolute Gasteiger partial charge is 0.251 e. The highest BCUT2D eigenvalue weighted by Crippen LogP contribution is 2.25. The van der Waals surface area contributed by atoms with Crippen molar-refractivity contribution < 1.29 is 9.59 Å². The second-order valence-electron chi connectivity index (χ2n) is 5.95. The van der Waals surface area contributed by atoms with Crippen LogP contribution in [0.25, 0.3) is 0 Å². The first kappa shape index (κ1) is 18.8. The van der Waals surface area contributed by atoms with Crippen LogP contribution in [-0.4, -0.2) is 25.4 Å². The normalized spacial score (nSPS) is 11.6. The van der Waals surface area contributed by atoms with Gasteiger partial charge in [-0.25, -0.2) is 0 Å². The number of carbonyl (C=O) groups is 2. The van der Waals surface area contributed by atoms with Crippen LogP contribution in [0.1, 0.15) is 26.8 Å². The molecule has 0 unspecified atom stereocenters. The molecule has 0 saturated carbocycles. The average Bonchev–Trinajstić information content (AvgIpc) is 3.23. The summed E-state index contributed by atoms with van der Waals surface area (Å²) in [4.78, 5) is 25.3. The van der Waals surface area contributed by atoms with Crippen LogP contribution in [0.5, 0.6) is 0 Å². The standard InChI is InChI=1S/C21H21N3O2S/c1-22-21(26)16-9-5-10-17(13-16)24-19(25)14-23-20(18-11-6-12-27-18)15-7-3-2-4-8-15/h2-13,20,23H,14H2,1H3,(H,22,26)(H,24,25)/t20-/m0/s1. The minimum atomic E-state index is -0.189. The molecule has 0 bridgehead atoms. The zero-order valence-corrected chi connectivity index (χ0v) is 15.8. The number of carbonyl (C=O) groups excluding carboxylic acids is 2. The van der Waals surface area contributed by atoms with Crippen molar-refractivity contribution in [2.75, 3.05) is 18.9 Å². The summed E-state index contributed by atoms with van der Waals surface area (Å²) >= 11 is 1.65. The summed E-state index contributed by atoms with van der Waals surface area (Å²) < 4.78 is 0. The molecule has 138 valence electrons. The number of thiophene rings is 1. The SMILES string of the molecule is CNC(=O)c1cccc(NC(=O)CN[C@@H](c2ccccc2)c2cccs2)c1. The van der Waals surface area contributed by atoms with Gasteiger partial charge in [0.2, 0.25) is 5.91 Å². The van der Waals surface area contributed by atoms with Crippen LogP contribution in [0, 0.1) is 0 Å². The van der Waals surface area contributed by atoms with Gasteiger partial charge in [-0.3, -0.25) is 14.9 Å². The van der Waals surface area contributed by atoms with E-state index in [9.17, 15) is 9.59 Å². The van der Waals surface area contributed by atoms with Gasteiger partial charge in [0, 0.05) is 23.2 Å². The molecule has 2 amide bonds. The van der Waals surface area contributed by atoms with Gasteiger partial charge < -0.3 is 10.6 Å². The lowest BCUT2D eigenvalue weighted by molar-refractivity contribution is -0.115. The molecule has 1 atom stereocenters. The molecule has 1 heterocycles. The lowest BCUT2D eigenvalue weighted by Crippen LogP contribution is -2.31. The van der Waals surface area contributed by atoms with E-state index in [2.05, 4.69) is 22.0 Å². The van der Waals surface area contributed by atoms with E-state index in [0.717, 1.165) is 10.4 Å². The predicted molar refractivity (Wildman–Crippen MR) is 109 cm³/mol. The maximum atomic E-state index is 12.4. The number of rotatable bonds is 7. The van der Waals surface area contributed by atoms with E-state index in [-0.39, 0.29) is 24.4 Å². The molecule has 0 aliphatic rings. The largest absolute Gasteiger partial charge is 0.355 e. The third kappa shape index (κ3) is 5.03. The monoisotopic (exact) mass is 379 g/mol. The van der Waals surface area contributed by atoms with E-state index in [4.69, 9.17) is 0 Å². The molecule has 0 aliphatic heterocycles. The van der Waals surface area contributed by atoms with Crippen molar-refractivity contribution in [2.45, 2.75) is 6.04 Å². The number of hydrogen-bond donors (Lipinski definition) is 3. The first-order chi connectivity index (χ1) is 13.2. The van der Waals surface area contributed by atoms with Crippen LogP contribution >= 0.6 is 11.3 Å². The minimum Gasteiger partial charge on any atom is -0.355 e. The van der Waals surface area contributed by atoms with Gasteiger partial charge in [0.25, 0.3) is 5.91 Å². The Balaban J connectivity index is 1.66. The van der Waals surface area contributed by atoms with E-state index in [1.807, 2.05) is 41.8 Å². The Bertz CT molecular complexity index is 895. The number of benzene rings is 2. The Kier molecular flexibility index (Phi) is 6.35. The van der Waals surface area contributed by atoms with Crippen molar-refractivity contribution in [3.8, 4) is 0 Å². The van der Waals surface area contributed by atoms with Gasteiger partial charge in [-0.15, -0.1) is 11.3 Å². The molecule has 0 aliphatic carbocycles. The highest BCUT2D eigenvalue weighted by Gasteiger charge is 2.16. The summed E-state index contributed by atoms with van der Waals surface area (Å²) in [5.41, 5.74) is 2.20. The molecule has 27 heavy (non-hydrogen) atoms. The molecule has 2 aromatic carbocycles. The molecular weight excluding hydrogens is 358 g/mol. The fourth-order valence-electron chi connectivity index (χ4n) is 2.77. The van der Waals surface area contributed by atoms with Crippen molar-refractivity contribution in [1.82, 2.24) is 10.6 Å². The van der Waals surface area contributed by atoms with E-state index in [1.54, 1.807) is 42.6 Å². The van der Waals surface area contributed by atoms with Crippen LogP contribution in [0.2, 0.25) is 0 Å². The summed E-state index contributed by atoms with van der Waals surface area (Å²) in [5.74, 6) is -0.354. The highest BCUT2D eigenvalue weighted by molar-refractivity contribution is 7.10. The molecule has 0 fully saturated rings. The third-order valence-electron chi connectivity index (χ3n) is 4.06. The molecule has 0 spiro atoms. The lowest BCUT2D eigenvalue weighted by Gasteiger charge is -2.18. The predicted octanol–water partition coefficient (Wildman–Crippen LogP) is 3.43. The van der Waals surface area contributed by atoms with Gasteiger partial charge >= 0.3 is 0 Å². The van der Waals surface area contributed by atoms with Crippen molar-refractivity contribution in [3.63, 3.8) is 0 Å². The Hall–Kier alpha value is -2.96. The summed E-state index contributed by atoms with van der Waals surface area (Å²) in [7, 11) is 1.58. The van der Waals surface area contributed by atoms with Crippen LogP contribution < -0.4 is 16.0 Å². The fraction of sp³-hybridized carbons (Fsp3) is 0.143. The molecule has 3 rings (SSSR count). The lowest BCUT2D eigenvalue weighted by atomic mass is 10.1. The fourth-order valence-corrected chi connectivity index (χ4v) is 3.59. The van der Waals surface area contributed by atoms with Gasteiger partial charge in [0.15, 0.2) is 0 Å². The van der Waals surface area contributed by atoms with E-state index >= 15 is 0 Å². The zero-order chi connectivity index (χ0) is 19.1. The quantitative estimate of drug-likeness (QED) is 0.589. The van der Waals surface area contributed by atoms with Crippen LogP contribution in [-0.2, 0) is 4.79 Å². The summed E-state index contributed by atoms with van der Waals surface area (Å²) in [6, 6.07) is 20.9. The third-order valence-corrected chi connectivity index (χ3v) is 5.00. The maximum Gasteiger partial charge on any atom is 0.251 e. The molecule has 3 N–H and O–H groups in total. The van der Waals surface area contributed by atoms with Crippen molar-refractivity contribution in [3.05, 3.63) is 88.1 Å². The molecule has 3 aromatic rings. The molecule has 1 aromatic heterocycles. The summed E-state index contributed by atoms with van der Waals surface area (Å²) in [6.45, 7) is 0.154. The Labute approximate surface area is 162 Å². The number of nitrogens with one attached hydrogen (secondary N) is 3. The molecular formula is C21H21N3O2S. The van der Waals surface area contributed by atoms with Crippen molar-refractivity contribution >= 4 is 28.8 Å². The van der Waals surface area contributed by atoms with Gasteiger partial charge in [0.05, 0.1) is 12.6 Å². The van der Waals surface area contributed by atoms with Crippen LogP contribution in [0.3, 0.4) is 0 Å². The van der Waals surface area contributed by atoms with Crippen molar-refractivity contribution in [2.24, 2.45) is 0 Å². The van der Waals surface area contributed by atoms with Gasteiger partial charge in [-0.1, -0.05) is 42.5 Å². The van der Waals surface area contributed by atoms with Gasteiger partial charge in [-0.05, 0) is 35.2 Å². The van der Waals surface area contributed by atoms with Crippen LogP contribution in [0.15, 0.2) is 72.1 Å². The number of anilines is 1. The van der Waals surface area contributed by atoms with Crippen LogP contribution in [0.4, 0.5) is 5.69 Å². The Morgan fingerprint density at radius 2 is 1.81 bits per heavy atom. The second-order valence-corrected chi connectivity index (χ2v) is 6.93. The molecule has 5 nitrogen and oxygen atoms in total. The summed E-state index contributed by atoms with van der Waals surface area (Å²) in [5, 5.41) is 10.8. The van der Waals surface area contributed by atoms with Gasteiger partial charge in [-0.2, -0.15) is 0 Å². The Morgan fingerprint density at radius 3 is 2.52 bits per heavy atom. The Morgan fingerprint density at radius 1 is 1.00 bits per heavy atom. The van der Waals surface area contributed by atoms with E-state index in [0.29, 0.717) is 11.3 Å². The van der Waals surface area contributed by atoms with Gasteiger partial charge in [0.1, 0.15) is 0 Å². The molecule has 6 heteroatoms. The summed E-state index contributed by atoms with van der Waals surface area (Å²) in [6.07, 6.45) is 0. The second kappa shape index (κ2) is 9.12. The molecule has 0 radical (unpaired) electrons. The first-order valence-electron chi connectivity index (χ1n) is 8.61. The van der Waals surface area contributed by atoms with E-state index in [1.165, 1.54) is 0 Å². The number of amides is 2. The van der Waals surface area contributed by atoms with Crippen molar-refractivity contribution in [1.29, 1.82) is 0 Å². The highest BCUT2D eigenvalue weighted by atomic mass is 32.1. The topological polar surface area (TPSA) is 70.2 Å². The maximum absolute atomic E-state index is 12.4. The average molecular weight is 379 g/mol. The van der Waals surface area contributed by atoms with E-state index < -0.39 is 0 Å². The minimum absolute atomic E-state index is 0.0471. The first-order valence-corrected chi connectivity index (χ1v) is 9.49. The zero-order valence-electron chi connectivity index (χ0n) is 14.9. The number of hydrogen-bond acceptors (Lipinski definition) is 4. The molecule has 0 saturated heterocycles.